The quantitative estimate of drug-likeness (QED) is 0.567. The van der Waals surface area contributed by atoms with Crippen LogP contribution in [0.15, 0.2) is 72.8 Å². The monoisotopic (exact) mass is 433 g/mol. The van der Waals surface area contributed by atoms with E-state index < -0.39 is 18.0 Å². The van der Waals surface area contributed by atoms with E-state index in [1.807, 2.05) is 6.07 Å². The first-order valence-electron chi connectivity index (χ1n) is 9.70. The first-order chi connectivity index (χ1) is 14.9. The maximum atomic E-state index is 13.5. The highest BCUT2D eigenvalue weighted by Crippen LogP contribution is 2.41. The molecule has 0 bridgehead atoms. The fraction of sp³-hybridized carbons (Fsp3) is 0.125. The van der Waals surface area contributed by atoms with Crippen molar-refractivity contribution in [1.82, 2.24) is 0 Å². The Bertz CT molecular complexity index is 1160. The van der Waals surface area contributed by atoms with Crippen molar-refractivity contribution in [2.75, 3.05) is 22.2 Å². The number of rotatable bonds is 4. The van der Waals surface area contributed by atoms with Gasteiger partial charge in [0.25, 0.3) is 5.91 Å². The van der Waals surface area contributed by atoms with Crippen LogP contribution in [-0.2, 0) is 4.79 Å². The van der Waals surface area contributed by atoms with Gasteiger partial charge >= 0.3 is 6.03 Å². The van der Waals surface area contributed by atoms with Gasteiger partial charge in [0.05, 0.1) is 5.69 Å². The predicted octanol–water partition coefficient (Wildman–Crippen LogP) is 5.30. The Morgan fingerprint density at radius 1 is 1.00 bits per heavy atom. The summed E-state index contributed by atoms with van der Waals surface area (Å²) in [6.07, 6.45) is 0. The van der Waals surface area contributed by atoms with Crippen LogP contribution in [0.5, 0.6) is 0 Å². The number of urea groups is 1. The van der Waals surface area contributed by atoms with Crippen LogP contribution in [-0.4, -0.2) is 24.8 Å². The van der Waals surface area contributed by atoms with Crippen molar-refractivity contribution in [2.24, 2.45) is 0 Å². The first-order valence-corrected chi connectivity index (χ1v) is 10.1. The molecule has 156 valence electrons. The second-order valence-electron chi connectivity index (χ2n) is 7.29. The number of Topliss-reactive ketones (excluding diaryl/α,β-unsaturated/α-hetero) is 1. The van der Waals surface area contributed by atoms with Crippen molar-refractivity contribution >= 4 is 46.4 Å². The van der Waals surface area contributed by atoms with Gasteiger partial charge in [0.1, 0.15) is 6.04 Å². The molecule has 0 aromatic heterocycles. The maximum Gasteiger partial charge on any atom is 0.333 e. The average Bonchev–Trinajstić information content (AvgIpc) is 3.05. The van der Waals surface area contributed by atoms with Crippen LogP contribution in [0.2, 0.25) is 5.02 Å². The molecular formula is C24H20ClN3O3. The average molecular weight is 434 g/mol. The molecule has 1 atom stereocenters. The minimum atomic E-state index is -0.767. The SMILES string of the molecule is CC(=O)c1ccc2c(c1)C(N(C)c1ccc(Cl)cc1)C(=O)N2C(=O)Nc1ccccc1. The molecule has 6 nitrogen and oxygen atoms in total. The van der Waals surface area contributed by atoms with E-state index in [1.165, 1.54) is 6.92 Å². The number of hydrogen-bond donors (Lipinski definition) is 1. The topological polar surface area (TPSA) is 69.7 Å². The molecule has 0 saturated heterocycles. The second-order valence-corrected chi connectivity index (χ2v) is 7.73. The number of para-hydroxylation sites is 1. The number of benzene rings is 3. The lowest BCUT2D eigenvalue weighted by atomic mass is 10.0. The number of anilines is 3. The summed E-state index contributed by atoms with van der Waals surface area (Å²) >= 11 is 6.00. The van der Waals surface area contributed by atoms with Gasteiger partial charge in [0, 0.05) is 34.6 Å². The normalized spacial score (nSPS) is 14.9. The third-order valence-corrected chi connectivity index (χ3v) is 5.53. The third kappa shape index (κ3) is 3.90. The summed E-state index contributed by atoms with van der Waals surface area (Å²) in [5.41, 5.74) is 2.86. The largest absolute Gasteiger partial charge is 0.359 e. The van der Waals surface area contributed by atoms with Gasteiger partial charge in [-0.3, -0.25) is 9.59 Å². The zero-order valence-electron chi connectivity index (χ0n) is 17.0. The summed E-state index contributed by atoms with van der Waals surface area (Å²) in [6.45, 7) is 1.47. The first kappa shape index (κ1) is 20.6. The number of fused-ring (bicyclic) bond motifs is 1. The van der Waals surface area contributed by atoms with E-state index in [2.05, 4.69) is 5.32 Å². The number of carbonyl (C=O) groups excluding carboxylic acids is 3. The summed E-state index contributed by atoms with van der Waals surface area (Å²) in [7, 11) is 1.77. The van der Waals surface area contributed by atoms with Crippen molar-refractivity contribution < 1.29 is 14.4 Å². The molecule has 4 rings (SSSR count). The number of hydrogen-bond acceptors (Lipinski definition) is 4. The minimum absolute atomic E-state index is 0.115. The van der Waals surface area contributed by atoms with Gasteiger partial charge in [-0.1, -0.05) is 29.8 Å². The van der Waals surface area contributed by atoms with E-state index in [4.69, 9.17) is 11.6 Å². The van der Waals surface area contributed by atoms with Crippen LogP contribution in [0.3, 0.4) is 0 Å². The molecule has 1 N–H and O–H groups in total. The molecule has 1 heterocycles. The standard InChI is InChI=1S/C24H20ClN3O3/c1-15(29)16-8-13-21-20(14-16)22(27(2)19-11-9-17(25)10-12-19)23(30)28(21)24(31)26-18-6-4-3-5-7-18/h3-14,22H,1-2H3,(H,26,31). The lowest BCUT2D eigenvalue weighted by Crippen LogP contribution is -2.41. The van der Waals surface area contributed by atoms with Crippen LogP contribution in [0.4, 0.5) is 21.9 Å². The van der Waals surface area contributed by atoms with Gasteiger partial charge in [0.2, 0.25) is 0 Å². The van der Waals surface area contributed by atoms with Gasteiger partial charge < -0.3 is 10.2 Å². The Morgan fingerprint density at radius 2 is 1.68 bits per heavy atom. The highest BCUT2D eigenvalue weighted by Gasteiger charge is 2.43. The minimum Gasteiger partial charge on any atom is -0.359 e. The molecule has 3 aromatic carbocycles. The van der Waals surface area contributed by atoms with Crippen molar-refractivity contribution in [1.29, 1.82) is 0 Å². The molecule has 1 unspecified atom stereocenters. The number of nitrogens with one attached hydrogen (secondary N) is 1. The number of amides is 3. The fourth-order valence-electron chi connectivity index (χ4n) is 3.68. The van der Waals surface area contributed by atoms with E-state index in [0.717, 1.165) is 10.6 Å². The summed E-state index contributed by atoms with van der Waals surface area (Å²) in [4.78, 5) is 41.4. The van der Waals surface area contributed by atoms with Crippen LogP contribution in [0.1, 0.15) is 28.9 Å². The van der Waals surface area contributed by atoms with Crippen LogP contribution in [0, 0.1) is 0 Å². The second kappa shape index (κ2) is 8.24. The van der Waals surface area contributed by atoms with Gasteiger partial charge in [0.15, 0.2) is 5.78 Å². The Morgan fingerprint density at radius 3 is 2.32 bits per heavy atom. The molecular weight excluding hydrogens is 414 g/mol. The maximum absolute atomic E-state index is 13.5. The van der Waals surface area contributed by atoms with Gasteiger partial charge in [-0.05, 0) is 61.5 Å². The van der Waals surface area contributed by atoms with E-state index in [9.17, 15) is 14.4 Å². The van der Waals surface area contributed by atoms with E-state index in [1.54, 1.807) is 78.7 Å². The molecule has 0 fully saturated rings. The molecule has 1 aliphatic heterocycles. The predicted molar refractivity (Wildman–Crippen MR) is 122 cm³/mol. The molecule has 7 heteroatoms. The number of imide groups is 1. The smallest absolute Gasteiger partial charge is 0.333 e. The van der Waals surface area contributed by atoms with Crippen molar-refractivity contribution in [3.05, 3.63) is 88.9 Å². The molecule has 0 saturated carbocycles. The van der Waals surface area contributed by atoms with Crippen molar-refractivity contribution in [2.45, 2.75) is 13.0 Å². The van der Waals surface area contributed by atoms with E-state index in [-0.39, 0.29) is 5.78 Å². The highest BCUT2D eigenvalue weighted by molar-refractivity contribution is 6.30. The summed E-state index contributed by atoms with van der Waals surface area (Å²) in [5, 5.41) is 3.34. The van der Waals surface area contributed by atoms with Gasteiger partial charge in [-0.2, -0.15) is 0 Å². The number of ketones is 1. The number of likely N-dealkylation sites (N-methyl/N-ethyl adjacent to an activating group) is 1. The fourth-order valence-corrected chi connectivity index (χ4v) is 3.81. The van der Waals surface area contributed by atoms with E-state index >= 15 is 0 Å². The van der Waals surface area contributed by atoms with Crippen molar-refractivity contribution in [3.8, 4) is 0 Å². The lowest BCUT2D eigenvalue weighted by molar-refractivity contribution is -0.118. The van der Waals surface area contributed by atoms with Gasteiger partial charge in [-0.15, -0.1) is 0 Å². The van der Waals surface area contributed by atoms with Crippen LogP contribution in [0.25, 0.3) is 0 Å². The highest BCUT2D eigenvalue weighted by atomic mass is 35.5. The molecule has 3 amide bonds. The van der Waals surface area contributed by atoms with E-state index in [0.29, 0.717) is 27.5 Å². The Labute approximate surface area is 185 Å². The van der Waals surface area contributed by atoms with Crippen LogP contribution < -0.4 is 15.1 Å². The Hall–Kier alpha value is -3.64. The summed E-state index contributed by atoms with van der Waals surface area (Å²) in [5.74, 6) is -0.517. The summed E-state index contributed by atoms with van der Waals surface area (Å²) in [6, 6.07) is 19.6. The summed E-state index contributed by atoms with van der Waals surface area (Å²) < 4.78 is 0. The third-order valence-electron chi connectivity index (χ3n) is 5.27. The molecule has 3 aromatic rings. The molecule has 31 heavy (non-hydrogen) atoms. The number of nitrogens with zero attached hydrogens (tertiary/aromatic N) is 2. The Kier molecular flexibility index (Phi) is 5.48. The van der Waals surface area contributed by atoms with Crippen molar-refractivity contribution in [3.63, 3.8) is 0 Å². The zero-order valence-corrected chi connectivity index (χ0v) is 17.8. The Balaban J connectivity index is 1.75. The number of halogens is 1. The number of carbonyl (C=O) groups is 3. The molecule has 1 aliphatic rings. The zero-order chi connectivity index (χ0) is 22.1. The molecule has 0 spiro atoms. The molecule has 0 radical (unpaired) electrons. The van der Waals surface area contributed by atoms with Crippen LogP contribution >= 0.6 is 11.6 Å². The molecule has 0 aliphatic carbocycles. The van der Waals surface area contributed by atoms with Gasteiger partial charge in [-0.25, -0.2) is 9.69 Å². The lowest BCUT2D eigenvalue weighted by Gasteiger charge is -2.26.